The minimum Gasteiger partial charge on any atom is -0.444 e. The van der Waals surface area contributed by atoms with Gasteiger partial charge in [-0.05, 0) is 58.6 Å². The van der Waals surface area contributed by atoms with Crippen molar-refractivity contribution >= 4 is 29.4 Å². The van der Waals surface area contributed by atoms with Gasteiger partial charge in [0.05, 0.1) is 5.92 Å². The lowest BCUT2D eigenvalue weighted by atomic mass is 9.96. The number of halogens is 1. The van der Waals surface area contributed by atoms with Gasteiger partial charge < -0.3 is 19.9 Å². The largest absolute Gasteiger partial charge is 0.444 e. The number of amides is 2. The molecule has 0 aromatic carbocycles. The van der Waals surface area contributed by atoms with Gasteiger partial charge in [0.1, 0.15) is 5.60 Å². The van der Waals surface area contributed by atoms with Crippen molar-refractivity contribution in [1.82, 2.24) is 20.4 Å². The molecular weight excluding hydrogens is 394 g/mol. The number of hydrogen-bond acceptors (Lipinski definition) is 6. The number of rotatable bonds is 4. The Balaban J connectivity index is 1.56. The van der Waals surface area contributed by atoms with Crippen molar-refractivity contribution in [1.29, 1.82) is 0 Å². The highest BCUT2D eigenvalue weighted by Crippen LogP contribution is 2.26. The number of nitrogens with one attached hydrogen (secondary N) is 1. The summed E-state index contributed by atoms with van der Waals surface area (Å²) in [4.78, 5) is 29.2. The van der Waals surface area contributed by atoms with Crippen LogP contribution in [-0.2, 0) is 9.53 Å². The maximum atomic E-state index is 13.2. The van der Waals surface area contributed by atoms with Crippen LogP contribution in [0.3, 0.4) is 0 Å². The minimum atomic E-state index is -0.536. The molecule has 2 aliphatic heterocycles. The van der Waals surface area contributed by atoms with Crippen LogP contribution in [0.1, 0.15) is 46.5 Å². The normalized spacial score (nSPS) is 22.5. The predicted molar refractivity (Wildman–Crippen MR) is 111 cm³/mol. The fourth-order valence-corrected chi connectivity index (χ4v) is 4.05. The Morgan fingerprint density at radius 3 is 2.66 bits per heavy atom. The summed E-state index contributed by atoms with van der Waals surface area (Å²) in [6, 6.07) is 3.57. The number of anilines is 1. The van der Waals surface area contributed by atoms with Crippen molar-refractivity contribution in [3.8, 4) is 0 Å². The first-order chi connectivity index (χ1) is 13.7. The molecule has 0 aliphatic carbocycles. The van der Waals surface area contributed by atoms with E-state index < -0.39 is 11.7 Å². The lowest BCUT2D eigenvalue weighted by Crippen LogP contribution is -2.49. The van der Waals surface area contributed by atoms with Crippen LogP contribution in [0.2, 0.25) is 5.15 Å². The molecule has 2 saturated heterocycles. The van der Waals surface area contributed by atoms with Crippen molar-refractivity contribution in [2.75, 3.05) is 31.1 Å². The van der Waals surface area contributed by atoms with E-state index in [0.29, 0.717) is 18.2 Å². The molecule has 0 radical (unpaired) electrons. The van der Waals surface area contributed by atoms with E-state index in [-0.39, 0.29) is 17.9 Å². The van der Waals surface area contributed by atoms with Gasteiger partial charge in [-0.25, -0.2) is 4.79 Å². The summed E-state index contributed by atoms with van der Waals surface area (Å²) in [5.41, 5.74) is -0.536. The maximum Gasteiger partial charge on any atom is 0.407 e. The van der Waals surface area contributed by atoms with E-state index in [4.69, 9.17) is 16.3 Å². The SMILES string of the molecule is CC(C)(C)OC(=O)NC[C@@H]1CCCN1C(=O)[C@@H]1CCCN(c2ccc(Cl)nn2)C1. The van der Waals surface area contributed by atoms with Crippen molar-refractivity contribution in [2.45, 2.75) is 58.1 Å². The molecule has 3 heterocycles. The molecule has 0 spiro atoms. The van der Waals surface area contributed by atoms with Gasteiger partial charge >= 0.3 is 6.09 Å². The zero-order valence-corrected chi connectivity index (χ0v) is 18.1. The van der Waals surface area contributed by atoms with E-state index in [1.165, 1.54) is 0 Å². The van der Waals surface area contributed by atoms with Crippen LogP contribution >= 0.6 is 11.6 Å². The lowest BCUT2D eigenvalue weighted by molar-refractivity contribution is -0.136. The predicted octanol–water partition coefficient (Wildman–Crippen LogP) is 2.86. The molecule has 2 aliphatic rings. The Morgan fingerprint density at radius 2 is 1.97 bits per heavy atom. The van der Waals surface area contributed by atoms with Crippen molar-refractivity contribution in [3.05, 3.63) is 17.3 Å². The molecule has 1 aromatic heterocycles. The number of carbonyl (C=O) groups excluding carboxylic acids is 2. The molecule has 0 saturated carbocycles. The second-order valence-corrected chi connectivity index (χ2v) is 9.10. The fraction of sp³-hybridized carbons (Fsp3) is 0.700. The monoisotopic (exact) mass is 423 g/mol. The maximum absolute atomic E-state index is 13.2. The number of alkyl carbamates (subject to hydrolysis) is 1. The highest BCUT2D eigenvalue weighted by molar-refractivity contribution is 6.29. The lowest BCUT2D eigenvalue weighted by Gasteiger charge is -2.36. The molecule has 3 rings (SSSR count). The third-order valence-electron chi connectivity index (χ3n) is 5.25. The third kappa shape index (κ3) is 5.95. The van der Waals surface area contributed by atoms with E-state index in [1.54, 1.807) is 6.07 Å². The van der Waals surface area contributed by atoms with Crippen molar-refractivity contribution < 1.29 is 14.3 Å². The first-order valence-electron chi connectivity index (χ1n) is 10.2. The van der Waals surface area contributed by atoms with Crippen molar-refractivity contribution in [3.63, 3.8) is 0 Å². The molecule has 2 fully saturated rings. The topological polar surface area (TPSA) is 87.7 Å². The van der Waals surface area contributed by atoms with E-state index in [9.17, 15) is 9.59 Å². The first kappa shape index (κ1) is 21.6. The number of hydrogen-bond donors (Lipinski definition) is 1. The van der Waals surface area contributed by atoms with Crippen LogP contribution in [0.15, 0.2) is 12.1 Å². The highest BCUT2D eigenvalue weighted by atomic mass is 35.5. The molecule has 29 heavy (non-hydrogen) atoms. The molecule has 8 nitrogen and oxygen atoms in total. The summed E-state index contributed by atoms with van der Waals surface area (Å²) < 4.78 is 5.30. The van der Waals surface area contributed by atoms with E-state index in [0.717, 1.165) is 44.6 Å². The summed E-state index contributed by atoms with van der Waals surface area (Å²) in [6.45, 7) is 8.12. The van der Waals surface area contributed by atoms with Gasteiger partial charge in [-0.2, -0.15) is 0 Å². The van der Waals surface area contributed by atoms with Crippen LogP contribution in [-0.4, -0.2) is 64.9 Å². The van der Waals surface area contributed by atoms with Crippen LogP contribution in [0, 0.1) is 5.92 Å². The van der Waals surface area contributed by atoms with E-state index >= 15 is 0 Å². The smallest absolute Gasteiger partial charge is 0.407 e. The molecule has 2 atom stereocenters. The summed E-state index contributed by atoms with van der Waals surface area (Å²) >= 11 is 5.83. The summed E-state index contributed by atoms with van der Waals surface area (Å²) in [7, 11) is 0. The molecule has 1 aromatic rings. The molecule has 2 amide bonds. The third-order valence-corrected chi connectivity index (χ3v) is 5.46. The van der Waals surface area contributed by atoms with Crippen LogP contribution in [0.4, 0.5) is 10.6 Å². The second kappa shape index (κ2) is 9.15. The summed E-state index contributed by atoms with van der Waals surface area (Å²) in [6.07, 6.45) is 3.18. The fourth-order valence-electron chi connectivity index (χ4n) is 3.95. The van der Waals surface area contributed by atoms with Crippen LogP contribution < -0.4 is 10.2 Å². The van der Waals surface area contributed by atoms with Gasteiger partial charge in [-0.15, -0.1) is 10.2 Å². The van der Waals surface area contributed by atoms with Gasteiger partial charge in [0.25, 0.3) is 0 Å². The van der Waals surface area contributed by atoms with Crippen LogP contribution in [0.5, 0.6) is 0 Å². The highest BCUT2D eigenvalue weighted by Gasteiger charge is 2.35. The number of likely N-dealkylation sites (tertiary alicyclic amines) is 1. The van der Waals surface area contributed by atoms with E-state index in [2.05, 4.69) is 20.4 Å². The zero-order chi connectivity index (χ0) is 21.0. The molecule has 9 heteroatoms. The summed E-state index contributed by atoms with van der Waals surface area (Å²) in [5, 5.41) is 11.2. The number of aromatic nitrogens is 2. The number of carbonyl (C=O) groups is 2. The van der Waals surface area contributed by atoms with Gasteiger partial charge in [-0.1, -0.05) is 11.6 Å². The average Bonchev–Trinajstić information content (AvgIpc) is 3.14. The van der Waals surface area contributed by atoms with Crippen molar-refractivity contribution in [2.24, 2.45) is 5.92 Å². The second-order valence-electron chi connectivity index (χ2n) is 8.71. The Kier molecular flexibility index (Phi) is 6.82. The molecule has 0 bridgehead atoms. The molecule has 0 unspecified atom stereocenters. The molecule has 160 valence electrons. The number of piperidine rings is 1. The van der Waals surface area contributed by atoms with Gasteiger partial charge in [-0.3, -0.25) is 4.79 Å². The first-order valence-corrected chi connectivity index (χ1v) is 10.6. The quantitative estimate of drug-likeness (QED) is 0.801. The Hall–Kier alpha value is -2.09. The Bertz CT molecular complexity index is 722. The van der Waals surface area contributed by atoms with Gasteiger partial charge in [0.2, 0.25) is 5.91 Å². The minimum absolute atomic E-state index is 0.0146. The number of ether oxygens (including phenoxy) is 1. The summed E-state index contributed by atoms with van der Waals surface area (Å²) in [5.74, 6) is 0.824. The Morgan fingerprint density at radius 1 is 1.21 bits per heavy atom. The van der Waals surface area contributed by atoms with E-state index in [1.807, 2.05) is 31.7 Å². The van der Waals surface area contributed by atoms with Gasteiger partial charge in [0, 0.05) is 32.2 Å². The zero-order valence-electron chi connectivity index (χ0n) is 17.4. The Labute approximate surface area is 176 Å². The average molecular weight is 424 g/mol. The standard InChI is InChI=1S/C20H30ClN5O3/c1-20(2,3)29-19(28)22-12-15-7-5-11-26(15)18(27)14-6-4-10-25(13-14)17-9-8-16(21)23-24-17/h8-9,14-15H,4-7,10-13H2,1-3H3,(H,22,28)/t14-,15+/m1/s1. The molecule has 1 N–H and O–H groups in total. The number of nitrogens with zero attached hydrogens (tertiary/aromatic N) is 4. The van der Waals surface area contributed by atoms with Gasteiger partial charge in [0.15, 0.2) is 11.0 Å². The van der Waals surface area contributed by atoms with Crippen LogP contribution in [0.25, 0.3) is 0 Å². The molecular formula is C20H30ClN5O3.